The molecular formula is C9H2BrF3N3O4. The topological polar surface area (TPSA) is 103 Å². The molecule has 1 radical (unpaired) electrons. The number of nitro benzene ring substituents is 1. The van der Waals surface area contributed by atoms with E-state index in [1.807, 2.05) is 5.32 Å². The first-order valence-corrected chi connectivity index (χ1v) is 5.57. The fraction of sp³-hybridized carbons (Fsp3) is 0.111. The molecule has 0 fully saturated rings. The van der Waals surface area contributed by atoms with E-state index in [4.69, 9.17) is 0 Å². The van der Waals surface area contributed by atoms with Crippen LogP contribution in [-0.4, -0.2) is 16.7 Å². The number of nitrogens with zero attached hydrogens (tertiary/aromatic N) is 2. The fourth-order valence-electron chi connectivity index (χ4n) is 1.62. The molecule has 0 aromatic heterocycles. The fourth-order valence-corrected chi connectivity index (χ4v) is 2.19. The number of anilines is 1. The van der Waals surface area contributed by atoms with Crippen LogP contribution in [-0.2, 0) is 15.8 Å². The molecule has 1 heterocycles. The summed E-state index contributed by atoms with van der Waals surface area (Å²) in [5.41, 5.74) is -4.37. The predicted octanol–water partition coefficient (Wildman–Crippen LogP) is 2.09. The molecule has 1 aromatic rings. The van der Waals surface area contributed by atoms with Crippen molar-refractivity contribution in [3.8, 4) is 0 Å². The zero-order valence-electron chi connectivity index (χ0n) is 9.12. The number of hydrogen-bond donors (Lipinski definition) is 1. The summed E-state index contributed by atoms with van der Waals surface area (Å²) in [7, 11) is 0. The summed E-state index contributed by atoms with van der Waals surface area (Å²) in [4.78, 5) is 31.7. The van der Waals surface area contributed by atoms with Crippen LogP contribution in [0.4, 0.5) is 30.2 Å². The number of hydrogen-bond acceptors (Lipinski definition) is 4. The van der Waals surface area contributed by atoms with Gasteiger partial charge in [0.1, 0.15) is 5.69 Å². The van der Waals surface area contributed by atoms with E-state index in [-0.39, 0.29) is 0 Å². The Morgan fingerprint density at radius 2 is 1.95 bits per heavy atom. The zero-order valence-corrected chi connectivity index (χ0v) is 10.7. The molecule has 11 heteroatoms. The van der Waals surface area contributed by atoms with E-state index in [0.29, 0.717) is 0 Å². The van der Waals surface area contributed by atoms with Crippen molar-refractivity contribution in [2.75, 3.05) is 5.32 Å². The van der Waals surface area contributed by atoms with Gasteiger partial charge in [0.15, 0.2) is 5.56 Å². The van der Waals surface area contributed by atoms with Gasteiger partial charge in [-0.05, 0) is 22.0 Å². The number of benzene rings is 1. The van der Waals surface area contributed by atoms with Crippen LogP contribution in [0, 0.1) is 10.1 Å². The Morgan fingerprint density at radius 1 is 1.35 bits per heavy atom. The van der Waals surface area contributed by atoms with Crippen LogP contribution in [0.3, 0.4) is 0 Å². The highest BCUT2D eigenvalue weighted by Gasteiger charge is 2.46. The second-order valence-corrected chi connectivity index (χ2v) is 4.46. The van der Waals surface area contributed by atoms with Gasteiger partial charge in [-0.1, -0.05) is 0 Å². The minimum atomic E-state index is -5.12. The molecule has 2 rings (SSSR count). The molecule has 0 bridgehead atoms. The third kappa shape index (κ3) is 2.19. The Bertz CT molecular complexity index is 659. The standard InChI is InChI=1S/C9H2BrF3N3O4/c10-2-1-3-5(15-8(18)7(17)14-3)4(9(11,12)13)6(2)16(19)20/h1H,(H,14,17). The molecular weight excluding hydrogens is 351 g/mol. The summed E-state index contributed by atoms with van der Waals surface area (Å²) in [5, 5.41) is 15.7. The number of rotatable bonds is 1. The number of carbonyl (C=O) groups excluding carboxylic acids is 2. The van der Waals surface area contributed by atoms with E-state index < -0.39 is 50.0 Å². The van der Waals surface area contributed by atoms with Crippen molar-refractivity contribution in [1.82, 2.24) is 5.32 Å². The van der Waals surface area contributed by atoms with Gasteiger partial charge in [0, 0.05) is 0 Å². The molecule has 1 aliphatic rings. The van der Waals surface area contributed by atoms with Crippen LogP contribution in [0.5, 0.6) is 0 Å². The van der Waals surface area contributed by atoms with E-state index in [1.165, 1.54) is 0 Å². The van der Waals surface area contributed by atoms with Crippen LogP contribution >= 0.6 is 15.9 Å². The van der Waals surface area contributed by atoms with Crippen molar-refractivity contribution in [1.29, 1.82) is 0 Å². The van der Waals surface area contributed by atoms with E-state index in [1.54, 1.807) is 0 Å². The van der Waals surface area contributed by atoms with Crippen LogP contribution < -0.4 is 10.6 Å². The largest absolute Gasteiger partial charge is 0.425 e. The maximum atomic E-state index is 13.0. The molecule has 1 aliphatic heterocycles. The molecule has 0 saturated carbocycles. The van der Waals surface area contributed by atoms with E-state index >= 15 is 0 Å². The van der Waals surface area contributed by atoms with Gasteiger partial charge in [-0.15, -0.1) is 0 Å². The number of halogens is 4. The second kappa shape index (κ2) is 4.44. The van der Waals surface area contributed by atoms with Crippen LogP contribution in [0.25, 0.3) is 0 Å². The average Bonchev–Trinajstić information content (AvgIpc) is 2.28. The van der Waals surface area contributed by atoms with Gasteiger partial charge in [-0.2, -0.15) is 13.2 Å². The highest BCUT2D eigenvalue weighted by atomic mass is 79.9. The maximum Gasteiger partial charge on any atom is 0.425 e. The molecule has 2 amide bonds. The quantitative estimate of drug-likeness (QED) is 0.474. The van der Waals surface area contributed by atoms with Gasteiger partial charge >= 0.3 is 18.0 Å². The number of nitrogens with one attached hydrogen (secondary N) is 1. The van der Waals surface area contributed by atoms with Crippen molar-refractivity contribution >= 4 is 44.8 Å². The molecule has 20 heavy (non-hydrogen) atoms. The number of fused-ring (bicyclic) bond motifs is 1. The lowest BCUT2D eigenvalue weighted by atomic mass is 10.1. The molecule has 0 spiro atoms. The number of carbonyl (C=O) groups is 2. The Balaban J connectivity index is 2.83. The van der Waals surface area contributed by atoms with E-state index in [0.717, 1.165) is 6.07 Å². The third-order valence-electron chi connectivity index (χ3n) is 2.35. The first-order valence-electron chi connectivity index (χ1n) is 4.78. The molecule has 0 atom stereocenters. The summed E-state index contributed by atoms with van der Waals surface area (Å²) in [6.45, 7) is 0. The van der Waals surface area contributed by atoms with E-state index in [2.05, 4.69) is 21.2 Å². The van der Waals surface area contributed by atoms with Gasteiger partial charge in [-0.3, -0.25) is 19.7 Å². The smallest absolute Gasteiger partial charge is 0.316 e. The molecule has 0 saturated heterocycles. The Kier molecular flexibility index (Phi) is 3.16. The Morgan fingerprint density at radius 3 is 2.45 bits per heavy atom. The third-order valence-corrected chi connectivity index (χ3v) is 2.95. The van der Waals surface area contributed by atoms with Crippen molar-refractivity contribution in [2.45, 2.75) is 6.18 Å². The summed E-state index contributed by atoms with van der Waals surface area (Å²) in [5.74, 6) is -2.68. The van der Waals surface area contributed by atoms with Crippen LogP contribution in [0.2, 0.25) is 0 Å². The highest BCUT2D eigenvalue weighted by molar-refractivity contribution is 9.10. The van der Waals surface area contributed by atoms with Gasteiger partial charge in [0.05, 0.1) is 15.1 Å². The minimum Gasteiger partial charge on any atom is -0.316 e. The van der Waals surface area contributed by atoms with Gasteiger partial charge in [0.2, 0.25) is 0 Å². The molecule has 7 nitrogen and oxygen atoms in total. The summed E-state index contributed by atoms with van der Waals surface area (Å²) in [6.07, 6.45) is -5.12. The monoisotopic (exact) mass is 352 g/mol. The minimum absolute atomic E-state index is 0.431. The summed E-state index contributed by atoms with van der Waals surface area (Å²) in [6, 6.07) is 0.885. The first kappa shape index (κ1) is 14.2. The van der Waals surface area contributed by atoms with Gasteiger partial charge < -0.3 is 5.32 Å². The Labute approximate surface area is 116 Å². The average molecular weight is 353 g/mol. The van der Waals surface area contributed by atoms with Crippen molar-refractivity contribution in [3.63, 3.8) is 0 Å². The number of alkyl halides is 3. The zero-order chi connectivity index (χ0) is 15.2. The highest BCUT2D eigenvalue weighted by Crippen LogP contribution is 2.48. The lowest BCUT2D eigenvalue weighted by Crippen LogP contribution is -2.34. The van der Waals surface area contributed by atoms with Crippen LogP contribution in [0.15, 0.2) is 10.5 Å². The van der Waals surface area contributed by atoms with Crippen molar-refractivity contribution in [2.24, 2.45) is 0 Å². The predicted molar refractivity (Wildman–Crippen MR) is 61.2 cm³/mol. The van der Waals surface area contributed by atoms with Crippen molar-refractivity contribution < 1.29 is 27.7 Å². The second-order valence-electron chi connectivity index (χ2n) is 3.60. The lowest BCUT2D eigenvalue weighted by Gasteiger charge is -2.20. The Hall–Kier alpha value is -2.17. The van der Waals surface area contributed by atoms with Gasteiger partial charge in [-0.25, -0.2) is 5.32 Å². The number of amides is 2. The SMILES string of the molecule is O=C1[N]c2c(cc(Br)c([N+](=O)[O-])c2C(F)(F)F)NC1=O. The van der Waals surface area contributed by atoms with Gasteiger partial charge in [0.25, 0.3) is 5.69 Å². The molecule has 105 valence electrons. The number of nitro groups is 1. The first-order chi connectivity index (χ1) is 9.12. The van der Waals surface area contributed by atoms with E-state index in [9.17, 15) is 32.9 Å². The molecule has 1 aromatic carbocycles. The summed E-state index contributed by atoms with van der Waals surface area (Å²) >= 11 is 2.63. The summed E-state index contributed by atoms with van der Waals surface area (Å²) < 4.78 is 38.5. The normalized spacial score (nSPS) is 14.4. The molecule has 1 N–H and O–H groups in total. The maximum absolute atomic E-state index is 13.0. The molecule has 0 unspecified atom stereocenters. The molecule has 0 aliphatic carbocycles. The van der Waals surface area contributed by atoms with Crippen LogP contribution in [0.1, 0.15) is 5.56 Å². The lowest BCUT2D eigenvalue weighted by molar-refractivity contribution is -0.388. The van der Waals surface area contributed by atoms with Crippen molar-refractivity contribution in [3.05, 3.63) is 26.2 Å².